The summed E-state index contributed by atoms with van der Waals surface area (Å²) < 4.78 is 4.53. The second kappa shape index (κ2) is 4.61. The van der Waals surface area contributed by atoms with Crippen LogP contribution in [0, 0.1) is 0 Å². The molecule has 2 aromatic rings. The van der Waals surface area contributed by atoms with Crippen LogP contribution in [0.2, 0.25) is 0 Å². The molecule has 0 bridgehead atoms. The molecule has 82 valence electrons. The second-order valence-corrected chi connectivity index (χ2v) is 3.32. The Balaban J connectivity index is 2.16. The molecule has 1 aromatic carbocycles. The predicted molar refractivity (Wildman–Crippen MR) is 62.2 cm³/mol. The Hall–Kier alpha value is -2.10. The molecule has 1 heterocycles. The van der Waals surface area contributed by atoms with Gasteiger partial charge in [-0.15, -0.1) is 0 Å². The predicted octanol–water partition coefficient (Wildman–Crippen LogP) is 1.82. The summed E-state index contributed by atoms with van der Waals surface area (Å²) in [5, 5.41) is 3.98. The number of benzene rings is 1. The average molecular weight is 216 g/mol. The average Bonchev–Trinajstić information content (AvgIpc) is 2.35. The van der Waals surface area contributed by atoms with E-state index in [-0.39, 0.29) is 12.5 Å². The number of methoxy groups -OCH3 is 1. The van der Waals surface area contributed by atoms with Gasteiger partial charge in [-0.25, -0.2) is 4.98 Å². The molecule has 4 nitrogen and oxygen atoms in total. The number of rotatable bonds is 3. The molecular weight excluding hydrogens is 204 g/mol. The minimum Gasteiger partial charge on any atom is -0.468 e. The Morgan fingerprint density at radius 1 is 1.31 bits per heavy atom. The zero-order valence-corrected chi connectivity index (χ0v) is 8.93. The molecule has 0 aliphatic heterocycles. The number of fused-ring (bicyclic) bond motifs is 1. The number of esters is 1. The highest BCUT2D eigenvalue weighted by molar-refractivity contribution is 5.81. The van der Waals surface area contributed by atoms with Crippen molar-refractivity contribution in [2.75, 3.05) is 19.0 Å². The van der Waals surface area contributed by atoms with Crippen molar-refractivity contribution in [3.05, 3.63) is 36.4 Å². The van der Waals surface area contributed by atoms with Gasteiger partial charge in [0.25, 0.3) is 0 Å². The zero-order valence-electron chi connectivity index (χ0n) is 8.93. The summed E-state index contributed by atoms with van der Waals surface area (Å²) >= 11 is 0. The number of aromatic nitrogens is 1. The number of anilines is 1. The molecule has 0 unspecified atom stereocenters. The van der Waals surface area contributed by atoms with Gasteiger partial charge in [0.05, 0.1) is 12.6 Å². The number of hydrogen-bond donors (Lipinski definition) is 1. The van der Waals surface area contributed by atoms with E-state index in [0.717, 1.165) is 10.9 Å². The van der Waals surface area contributed by atoms with Crippen LogP contribution in [0.15, 0.2) is 36.4 Å². The number of carbonyl (C=O) groups is 1. The maximum Gasteiger partial charge on any atom is 0.325 e. The molecule has 2 rings (SSSR count). The monoisotopic (exact) mass is 216 g/mol. The van der Waals surface area contributed by atoms with Crippen LogP contribution in [0.25, 0.3) is 10.9 Å². The fraction of sp³-hybridized carbons (Fsp3) is 0.167. The van der Waals surface area contributed by atoms with Gasteiger partial charge in [-0.3, -0.25) is 4.79 Å². The van der Waals surface area contributed by atoms with Crippen LogP contribution in [-0.2, 0) is 9.53 Å². The number of hydrogen-bond acceptors (Lipinski definition) is 4. The minimum atomic E-state index is -0.310. The van der Waals surface area contributed by atoms with E-state index >= 15 is 0 Å². The molecule has 4 heteroatoms. The molecule has 0 saturated heterocycles. The van der Waals surface area contributed by atoms with Gasteiger partial charge in [0, 0.05) is 5.39 Å². The number of pyridine rings is 1. The Bertz CT molecular complexity index is 511. The van der Waals surface area contributed by atoms with Crippen molar-refractivity contribution in [1.82, 2.24) is 4.98 Å². The lowest BCUT2D eigenvalue weighted by Gasteiger charge is -2.05. The van der Waals surface area contributed by atoms with Gasteiger partial charge in [0.15, 0.2) is 0 Å². The number of nitrogens with one attached hydrogen (secondary N) is 1. The first-order valence-corrected chi connectivity index (χ1v) is 4.96. The van der Waals surface area contributed by atoms with Gasteiger partial charge < -0.3 is 10.1 Å². The van der Waals surface area contributed by atoms with E-state index in [2.05, 4.69) is 15.0 Å². The molecule has 0 amide bonds. The molecule has 0 atom stereocenters. The molecule has 0 fully saturated rings. The van der Waals surface area contributed by atoms with Crippen molar-refractivity contribution < 1.29 is 9.53 Å². The molecule has 0 radical (unpaired) electrons. The maximum atomic E-state index is 10.9. The molecule has 1 aromatic heterocycles. The number of nitrogens with zero attached hydrogens (tertiary/aromatic N) is 1. The molecule has 0 aliphatic carbocycles. The maximum absolute atomic E-state index is 10.9. The standard InChI is InChI=1S/C12H12N2O2/c1-16-12(15)8-13-11-7-6-9-4-2-3-5-10(9)14-11/h2-7H,8H2,1H3,(H,13,14). The first-order chi connectivity index (χ1) is 7.79. The first-order valence-electron chi connectivity index (χ1n) is 4.96. The smallest absolute Gasteiger partial charge is 0.325 e. The SMILES string of the molecule is COC(=O)CNc1ccc2ccccc2n1. The van der Waals surface area contributed by atoms with Crippen molar-refractivity contribution >= 4 is 22.7 Å². The Labute approximate surface area is 93.3 Å². The highest BCUT2D eigenvalue weighted by atomic mass is 16.5. The largest absolute Gasteiger partial charge is 0.468 e. The van der Waals surface area contributed by atoms with E-state index in [4.69, 9.17) is 0 Å². The Morgan fingerprint density at radius 3 is 2.94 bits per heavy atom. The molecule has 1 N–H and O–H groups in total. The van der Waals surface area contributed by atoms with Crippen LogP contribution in [-0.4, -0.2) is 24.6 Å². The van der Waals surface area contributed by atoms with Crippen LogP contribution < -0.4 is 5.32 Å². The number of carbonyl (C=O) groups excluding carboxylic acids is 1. The van der Waals surface area contributed by atoms with Gasteiger partial charge in [0.2, 0.25) is 0 Å². The van der Waals surface area contributed by atoms with Crippen LogP contribution in [0.5, 0.6) is 0 Å². The van der Waals surface area contributed by atoms with Crippen LogP contribution in [0.3, 0.4) is 0 Å². The third kappa shape index (κ3) is 2.28. The summed E-state index contributed by atoms with van der Waals surface area (Å²) in [4.78, 5) is 15.3. The third-order valence-corrected chi connectivity index (χ3v) is 2.24. The van der Waals surface area contributed by atoms with Crippen molar-refractivity contribution in [1.29, 1.82) is 0 Å². The van der Waals surface area contributed by atoms with E-state index < -0.39 is 0 Å². The summed E-state index contributed by atoms with van der Waals surface area (Å²) in [6.45, 7) is 0.127. The lowest BCUT2D eigenvalue weighted by Crippen LogP contribution is -2.15. The quantitative estimate of drug-likeness (QED) is 0.795. The fourth-order valence-corrected chi connectivity index (χ4v) is 1.40. The van der Waals surface area contributed by atoms with Gasteiger partial charge >= 0.3 is 5.97 Å². The van der Waals surface area contributed by atoms with Crippen LogP contribution in [0.4, 0.5) is 5.82 Å². The van der Waals surface area contributed by atoms with E-state index in [1.165, 1.54) is 7.11 Å². The normalized spacial score (nSPS) is 10.1. The highest BCUT2D eigenvalue weighted by Crippen LogP contribution is 2.14. The lowest BCUT2D eigenvalue weighted by molar-refractivity contribution is -0.138. The van der Waals surface area contributed by atoms with Gasteiger partial charge in [0.1, 0.15) is 12.4 Å². The molecule has 0 saturated carbocycles. The molecular formula is C12H12N2O2. The van der Waals surface area contributed by atoms with E-state index in [1.54, 1.807) is 0 Å². The third-order valence-electron chi connectivity index (χ3n) is 2.24. The minimum absolute atomic E-state index is 0.127. The Morgan fingerprint density at radius 2 is 2.12 bits per heavy atom. The van der Waals surface area contributed by atoms with Gasteiger partial charge in [-0.2, -0.15) is 0 Å². The van der Waals surface area contributed by atoms with Crippen molar-refractivity contribution in [3.8, 4) is 0 Å². The second-order valence-electron chi connectivity index (χ2n) is 3.32. The summed E-state index contributed by atoms with van der Waals surface area (Å²) in [6.07, 6.45) is 0. The van der Waals surface area contributed by atoms with Gasteiger partial charge in [-0.1, -0.05) is 18.2 Å². The van der Waals surface area contributed by atoms with E-state index in [1.807, 2.05) is 36.4 Å². The topological polar surface area (TPSA) is 51.2 Å². The molecule has 0 spiro atoms. The first kappa shape index (κ1) is 10.4. The van der Waals surface area contributed by atoms with Crippen molar-refractivity contribution in [2.45, 2.75) is 0 Å². The van der Waals surface area contributed by atoms with Gasteiger partial charge in [-0.05, 0) is 18.2 Å². The van der Waals surface area contributed by atoms with Crippen LogP contribution >= 0.6 is 0 Å². The van der Waals surface area contributed by atoms with Crippen molar-refractivity contribution in [2.24, 2.45) is 0 Å². The number of para-hydroxylation sites is 1. The number of ether oxygens (including phenoxy) is 1. The molecule has 16 heavy (non-hydrogen) atoms. The Kier molecular flexibility index (Phi) is 3.00. The summed E-state index contributed by atoms with van der Waals surface area (Å²) in [7, 11) is 1.36. The highest BCUT2D eigenvalue weighted by Gasteiger charge is 2.01. The lowest BCUT2D eigenvalue weighted by atomic mass is 10.2. The fourth-order valence-electron chi connectivity index (χ4n) is 1.40. The summed E-state index contributed by atoms with van der Waals surface area (Å²) in [5.41, 5.74) is 0.900. The van der Waals surface area contributed by atoms with Crippen molar-refractivity contribution in [3.63, 3.8) is 0 Å². The van der Waals surface area contributed by atoms with E-state index in [0.29, 0.717) is 5.82 Å². The van der Waals surface area contributed by atoms with Crippen LogP contribution in [0.1, 0.15) is 0 Å². The van der Waals surface area contributed by atoms with E-state index in [9.17, 15) is 4.79 Å². The summed E-state index contributed by atoms with van der Waals surface area (Å²) in [5.74, 6) is 0.360. The zero-order chi connectivity index (χ0) is 11.4. The molecule has 0 aliphatic rings. The summed E-state index contributed by atoms with van der Waals surface area (Å²) in [6, 6.07) is 11.6.